The first-order valence-electron chi connectivity index (χ1n) is 6.71. The summed E-state index contributed by atoms with van der Waals surface area (Å²) in [6.45, 7) is 0.389. The Kier molecular flexibility index (Phi) is 4.92. The Morgan fingerprint density at radius 3 is 2.67 bits per heavy atom. The molecule has 0 aromatic heterocycles. The monoisotopic (exact) mass is 291 g/mol. The molecule has 21 heavy (non-hydrogen) atoms. The predicted octanol–water partition coefficient (Wildman–Crippen LogP) is 1.04. The highest BCUT2D eigenvalue weighted by molar-refractivity contribution is 5.86. The van der Waals surface area contributed by atoms with Crippen LogP contribution in [0.2, 0.25) is 0 Å². The second-order valence-electron chi connectivity index (χ2n) is 4.74. The first-order valence-corrected chi connectivity index (χ1v) is 6.71. The van der Waals surface area contributed by atoms with Gasteiger partial charge in [0.15, 0.2) is 6.61 Å². The van der Waals surface area contributed by atoms with Gasteiger partial charge in [-0.25, -0.2) is 4.79 Å². The number of hydrogen-bond donors (Lipinski definition) is 0. The van der Waals surface area contributed by atoms with Crippen LogP contribution in [0, 0.1) is 0 Å². The number of nitrogens with zero attached hydrogens (tertiary/aromatic N) is 1. The molecule has 112 valence electrons. The lowest BCUT2D eigenvalue weighted by molar-refractivity contribution is -0.151. The van der Waals surface area contributed by atoms with Crippen LogP contribution in [0.1, 0.15) is 23.2 Å². The molecule has 1 heterocycles. The number of ether oxygens (including phenoxy) is 2. The molecular weight excluding hydrogens is 274 g/mol. The van der Waals surface area contributed by atoms with E-state index < -0.39 is 12.0 Å². The molecule has 6 nitrogen and oxygen atoms in total. The molecule has 0 bridgehead atoms. The Balaban J connectivity index is 1.91. The molecule has 6 heteroatoms. The van der Waals surface area contributed by atoms with E-state index in [-0.39, 0.29) is 12.5 Å². The van der Waals surface area contributed by atoms with Crippen molar-refractivity contribution in [2.45, 2.75) is 18.9 Å². The third-order valence-corrected chi connectivity index (χ3v) is 3.42. The molecule has 0 saturated carbocycles. The van der Waals surface area contributed by atoms with Crippen LogP contribution in [0.5, 0.6) is 5.75 Å². The second kappa shape index (κ2) is 6.88. The first kappa shape index (κ1) is 15.0. The summed E-state index contributed by atoms with van der Waals surface area (Å²) in [7, 11) is 1.31. The van der Waals surface area contributed by atoms with Crippen molar-refractivity contribution in [1.82, 2.24) is 4.90 Å². The van der Waals surface area contributed by atoms with Crippen molar-refractivity contribution in [3.63, 3.8) is 0 Å². The number of hydrogen-bond acceptors (Lipinski definition) is 5. The van der Waals surface area contributed by atoms with Crippen molar-refractivity contribution in [3.05, 3.63) is 29.8 Å². The number of rotatable bonds is 5. The largest absolute Gasteiger partial charge is 0.484 e. The van der Waals surface area contributed by atoms with Gasteiger partial charge in [-0.2, -0.15) is 0 Å². The van der Waals surface area contributed by atoms with Crippen molar-refractivity contribution in [1.29, 1.82) is 0 Å². The van der Waals surface area contributed by atoms with E-state index in [9.17, 15) is 14.4 Å². The summed E-state index contributed by atoms with van der Waals surface area (Å²) in [6, 6.07) is 5.96. The van der Waals surface area contributed by atoms with Crippen molar-refractivity contribution in [2.24, 2.45) is 0 Å². The van der Waals surface area contributed by atoms with Gasteiger partial charge < -0.3 is 14.4 Å². The zero-order valence-electron chi connectivity index (χ0n) is 11.8. The van der Waals surface area contributed by atoms with Crippen LogP contribution in [0.4, 0.5) is 0 Å². The quantitative estimate of drug-likeness (QED) is 0.598. The lowest BCUT2D eigenvalue weighted by atomic mass is 10.2. The third kappa shape index (κ3) is 3.59. The number of esters is 1. The summed E-state index contributed by atoms with van der Waals surface area (Å²) in [6.07, 6.45) is 2.13. The topological polar surface area (TPSA) is 72.9 Å². The number of benzene rings is 1. The van der Waals surface area contributed by atoms with Crippen molar-refractivity contribution in [3.8, 4) is 5.75 Å². The summed E-state index contributed by atoms with van der Waals surface area (Å²) < 4.78 is 10.1. The zero-order chi connectivity index (χ0) is 15.2. The van der Waals surface area contributed by atoms with Crippen molar-refractivity contribution >= 4 is 18.2 Å². The minimum Gasteiger partial charge on any atom is -0.484 e. The van der Waals surface area contributed by atoms with Gasteiger partial charge >= 0.3 is 5.97 Å². The van der Waals surface area contributed by atoms with Gasteiger partial charge in [-0.05, 0) is 37.1 Å². The zero-order valence-corrected chi connectivity index (χ0v) is 11.8. The van der Waals surface area contributed by atoms with Crippen LogP contribution in [-0.2, 0) is 14.3 Å². The van der Waals surface area contributed by atoms with Gasteiger partial charge in [0, 0.05) is 12.1 Å². The highest BCUT2D eigenvalue weighted by atomic mass is 16.5. The van der Waals surface area contributed by atoms with Crippen LogP contribution in [0.25, 0.3) is 0 Å². The van der Waals surface area contributed by atoms with Crippen LogP contribution < -0.4 is 4.74 Å². The number of carbonyl (C=O) groups is 3. The van der Waals surface area contributed by atoms with Crippen LogP contribution in [0.3, 0.4) is 0 Å². The Hall–Kier alpha value is -2.37. The van der Waals surface area contributed by atoms with Gasteiger partial charge in [-0.3, -0.25) is 9.59 Å². The fraction of sp³-hybridized carbons (Fsp3) is 0.400. The maximum absolute atomic E-state index is 12.1. The smallest absolute Gasteiger partial charge is 0.328 e. The Bertz CT molecular complexity index is 525. The predicted molar refractivity (Wildman–Crippen MR) is 74.1 cm³/mol. The van der Waals surface area contributed by atoms with E-state index >= 15 is 0 Å². The van der Waals surface area contributed by atoms with Gasteiger partial charge in [0.2, 0.25) is 0 Å². The fourth-order valence-electron chi connectivity index (χ4n) is 2.32. The highest BCUT2D eigenvalue weighted by Crippen LogP contribution is 2.19. The van der Waals surface area contributed by atoms with Crippen LogP contribution in [0.15, 0.2) is 24.3 Å². The summed E-state index contributed by atoms with van der Waals surface area (Å²) in [5.74, 6) is -0.138. The van der Waals surface area contributed by atoms with E-state index in [0.717, 1.165) is 12.7 Å². The molecule has 1 aromatic carbocycles. The molecule has 1 atom stereocenters. The van der Waals surface area contributed by atoms with Crippen LogP contribution in [-0.4, -0.2) is 49.4 Å². The minimum absolute atomic E-state index is 0.145. The normalized spacial score (nSPS) is 17.4. The molecular formula is C15H17NO5. The molecule has 1 unspecified atom stereocenters. The molecule has 2 rings (SSSR count). The second-order valence-corrected chi connectivity index (χ2v) is 4.74. The molecule has 0 radical (unpaired) electrons. The molecule has 1 fully saturated rings. The van der Waals surface area contributed by atoms with Crippen molar-refractivity contribution < 1.29 is 23.9 Å². The number of carbonyl (C=O) groups excluding carboxylic acids is 3. The van der Waals surface area contributed by atoms with Crippen LogP contribution >= 0.6 is 0 Å². The molecule has 1 aromatic rings. The summed E-state index contributed by atoms with van der Waals surface area (Å²) in [5, 5.41) is 0. The van der Waals surface area contributed by atoms with E-state index in [2.05, 4.69) is 0 Å². The lowest BCUT2D eigenvalue weighted by Crippen LogP contribution is -2.43. The minimum atomic E-state index is -0.511. The summed E-state index contributed by atoms with van der Waals surface area (Å²) in [5.41, 5.74) is 0.541. The van der Waals surface area contributed by atoms with Gasteiger partial charge in [0.1, 0.15) is 18.1 Å². The number of amides is 1. The summed E-state index contributed by atoms with van der Waals surface area (Å²) in [4.78, 5) is 35.7. The lowest BCUT2D eigenvalue weighted by Gasteiger charge is -2.22. The van der Waals surface area contributed by atoms with E-state index in [4.69, 9.17) is 9.47 Å². The molecule has 0 aliphatic carbocycles. The van der Waals surface area contributed by atoms with Gasteiger partial charge in [-0.15, -0.1) is 0 Å². The molecule has 1 saturated heterocycles. The average Bonchev–Trinajstić information content (AvgIpc) is 3.02. The molecule has 1 amide bonds. The average molecular weight is 291 g/mol. The van der Waals surface area contributed by atoms with E-state index in [0.29, 0.717) is 24.3 Å². The van der Waals surface area contributed by atoms with E-state index in [1.807, 2.05) is 0 Å². The third-order valence-electron chi connectivity index (χ3n) is 3.42. The molecule has 0 spiro atoms. The Labute approximate surface area is 122 Å². The first-order chi connectivity index (χ1) is 10.2. The van der Waals surface area contributed by atoms with Gasteiger partial charge in [0.25, 0.3) is 5.91 Å². The number of aldehydes is 1. The Morgan fingerprint density at radius 2 is 2.05 bits per heavy atom. The highest BCUT2D eigenvalue weighted by Gasteiger charge is 2.34. The molecule has 1 aliphatic rings. The maximum atomic E-state index is 12.1. The molecule has 0 N–H and O–H groups in total. The molecule has 1 aliphatic heterocycles. The number of likely N-dealkylation sites (tertiary alicyclic amines) is 1. The maximum Gasteiger partial charge on any atom is 0.328 e. The standard InChI is InChI=1S/C15H17NO5/c1-20-15(19)13-3-2-8-16(13)14(18)10-21-12-6-4-11(9-17)5-7-12/h4-7,9,13H,2-3,8,10H2,1H3. The fourth-order valence-corrected chi connectivity index (χ4v) is 2.32. The SMILES string of the molecule is COC(=O)C1CCCN1C(=O)COc1ccc(C=O)cc1. The number of methoxy groups -OCH3 is 1. The van der Waals surface area contributed by atoms with E-state index in [1.165, 1.54) is 12.0 Å². The van der Waals surface area contributed by atoms with E-state index in [1.54, 1.807) is 24.3 Å². The summed E-state index contributed by atoms with van der Waals surface area (Å²) >= 11 is 0. The van der Waals surface area contributed by atoms with Gasteiger partial charge in [-0.1, -0.05) is 0 Å². The van der Waals surface area contributed by atoms with Crippen molar-refractivity contribution in [2.75, 3.05) is 20.3 Å². The Morgan fingerprint density at radius 1 is 1.33 bits per heavy atom. The van der Waals surface area contributed by atoms with Gasteiger partial charge in [0.05, 0.1) is 7.11 Å².